The van der Waals surface area contributed by atoms with E-state index in [4.69, 9.17) is 14.9 Å². The predicted octanol–water partition coefficient (Wildman–Crippen LogP) is 4.78. The van der Waals surface area contributed by atoms with E-state index in [2.05, 4.69) is 56.2 Å². The van der Waals surface area contributed by atoms with Gasteiger partial charge in [0.15, 0.2) is 17.3 Å². The SMILES string of the molecule is C=NC(=N)c1ccc(C)cc1.CCN(C)CCc1cc(OC)c(OCS)cc1C. The topological polar surface area (TPSA) is 57.9 Å². The van der Waals surface area contributed by atoms with Gasteiger partial charge in [-0.2, -0.15) is 0 Å². The molecular formula is C23H33N3O2S. The summed E-state index contributed by atoms with van der Waals surface area (Å²) in [6.07, 6.45) is 1.02. The third kappa shape index (κ3) is 8.30. The Morgan fingerprint density at radius 2 is 1.83 bits per heavy atom. The van der Waals surface area contributed by atoms with Gasteiger partial charge >= 0.3 is 0 Å². The number of methoxy groups -OCH3 is 1. The summed E-state index contributed by atoms with van der Waals surface area (Å²) in [7, 11) is 3.79. The van der Waals surface area contributed by atoms with Gasteiger partial charge in [0.25, 0.3) is 0 Å². The second kappa shape index (κ2) is 13.0. The molecule has 0 aromatic heterocycles. The van der Waals surface area contributed by atoms with Crippen molar-refractivity contribution in [3.05, 3.63) is 58.7 Å². The molecule has 0 fully saturated rings. The molecule has 29 heavy (non-hydrogen) atoms. The zero-order chi connectivity index (χ0) is 21.8. The molecule has 0 heterocycles. The highest BCUT2D eigenvalue weighted by atomic mass is 32.1. The van der Waals surface area contributed by atoms with Crippen LogP contribution >= 0.6 is 12.6 Å². The van der Waals surface area contributed by atoms with Crippen LogP contribution in [0, 0.1) is 19.3 Å². The highest BCUT2D eigenvalue weighted by Crippen LogP contribution is 2.31. The first-order valence-electron chi connectivity index (χ1n) is 9.58. The minimum absolute atomic E-state index is 0.227. The number of hydrogen-bond acceptors (Lipinski definition) is 5. The van der Waals surface area contributed by atoms with Gasteiger partial charge in [0.1, 0.15) is 5.94 Å². The largest absolute Gasteiger partial charge is 0.493 e. The normalized spacial score (nSPS) is 10.2. The van der Waals surface area contributed by atoms with E-state index in [1.165, 1.54) is 16.7 Å². The second-order valence-corrected chi connectivity index (χ2v) is 6.98. The van der Waals surface area contributed by atoms with Crippen LogP contribution < -0.4 is 9.47 Å². The summed E-state index contributed by atoms with van der Waals surface area (Å²) < 4.78 is 10.8. The minimum atomic E-state index is 0.227. The van der Waals surface area contributed by atoms with Gasteiger partial charge in [-0.05, 0) is 63.8 Å². The fraction of sp³-hybridized carbons (Fsp3) is 0.391. The van der Waals surface area contributed by atoms with Gasteiger partial charge in [0.05, 0.1) is 7.11 Å². The van der Waals surface area contributed by atoms with Crippen molar-refractivity contribution in [1.82, 2.24) is 4.90 Å². The highest BCUT2D eigenvalue weighted by molar-refractivity contribution is 7.80. The molecule has 0 unspecified atom stereocenters. The van der Waals surface area contributed by atoms with Crippen molar-refractivity contribution >= 4 is 25.2 Å². The summed E-state index contributed by atoms with van der Waals surface area (Å²) in [5.41, 5.74) is 4.53. The molecule has 2 rings (SSSR count). The van der Waals surface area contributed by atoms with E-state index in [1.807, 2.05) is 37.3 Å². The quantitative estimate of drug-likeness (QED) is 0.282. The fourth-order valence-electron chi connectivity index (χ4n) is 2.59. The lowest BCUT2D eigenvalue weighted by Gasteiger charge is -2.17. The Labute approximate surface area is 180 Å². The molecule has 2 aromatic carbocycles. The number of aliphatic imine (C=N–C) groups is 1. The van der Waals surface area contributed by atoms with Crippen molar-refractivity contribution in [2.24, 2.45) is 4.99 Å². The van der Waals surface area contributed by atoms with Crippen molar-refractivity contribution in [3.63, 3.8) is 0 Å². The van der Waals surface area contributed by atoms with E-state index >= 15 is 0 Å². The molecule has 2 aromatic rings. The Kier molecular flexibility index (Phi) is 11.1. The second-order valence-electron chi connectivity index (χ2n) is 6.72. The van der Waals surface area contributed by atoms with Crippen LogP contribution in [0.1, 0.15) is 29.2 Å². The first-order valence-corrected chi connectivity index (χ1v) is 10.2. The lowest BCUT2D eigenvalue weighted by molar-refractivity contribution is 0.342. The summed E-state index contributed by atoms with van der Waals surface area (Å²) in [4.78, 5) is 5.82. The third-order valence-corrected chi connectivity index (χ3v) is 4.76. The summed E-state index contributed by atoms with van der Waals surface area (Å²) >= 11 is 4.07. The molecule has 0 radical (unpaired) electrons. The monoisotopic (exact) mass is 415 g/mol. The molecule has 0 spiro atoms. The van der Waals surface area contributed by atoms with Gasteiger partial charge in [-0.1, -0.05) is 36.8 Å². The molecule has 0 atom stereocenters. The Morgan fingerprint density at radius 3 is 2.34 bits per heavy atom. The van der Waals surface area contributed by atoms with Crippen molar-refractivity contribution in [2.45, 2.75) is 27.2 Å². The molecular weight excluding hydrogens is 382 g/mol. The molecule has 1 N–H and O–H groups in total. The van der Waals surface area contributed by atoms with Crippen LogP contribution in [-0.2, 0) is 6.42 Å². The average molecular weight is 416 g/mol. The number of hydrogen-bond donors (Lipinski definition) is 2. The van der Waals surface area contributed by atoms with Crippen molar-refractivity contribution in [1.29, 1.82) is 5.41 Å². The zero-order valence-electron chi connectivity index (χ0n) is 18.2. The van der Waals surface area contributed by atoms with Gasteiger partial charge in [0.2, 0.25) is 0 Å². The maximum absolute atomic E-state index is 7.32. The number of amidine groups is 1. The van der Waals surface area contributed by atoms with Gasteiger partial charge in [0, 0.05) is 12.1 Å². The maximum Gasteiger partial charge on any atom is 0.162 e. The van der Waals surface area contributed by atoms with Crippen molar-refractivity contribution in [2.75, 3.05) is 33.2 Å². The number of likely N-dealkylation sites (N-methyl/N-ethyl adjacent to an activating group) is 1. The first kappa shape index (κ1) is 24.7. The summed E-state index contributed by atoms with van der Waals surface area (Å²) in [6, 6.07) is 11.7. The Balaban J connectivity index is 0.000000326. The highest BCUT2D eigenvalue weighted by Gasteiger charge is 2.09. The van der Waals surface area contributed by atoms with Crippen LogP contribution in [-0.4, -0.2) is 50.6 Å². The van der Waals surface area contributed by atoms with E-state index in [0.717, 1.165) is 36.6 Å². The summed E-state index contributed by atoms with van der Waals surface area (Å²) in [6.45, 7) is 11.7. The number of thiol groups is 1. The van der Waals surface area contributed by atoms with E-state index in [0.29, 0.717) is 5.94 Å². The van der Waals surface area contributed by atoms with Crippen LogP contribution in [0.4, 0.5) is 0 Å². The number of nitrogens with one attached hydrogen (secondary N) is 1. The molecule has 6 heteroatoms. The van der Waals surface area contributed by atoms with Crippen LogP contribution in [0.25, 0.3) is 0 Å². The van der Waals surface area contributed by atoms with Crippen molar-refractivity contribution < 1.29 is 9.47 Å². The van der Waals surface area contributed by atoms with Gasteiger partial charge < -0.3 is 14.4 Å². The van der Waals surface area contributed by atoms with Gasteiger partial charge in [-0.15, -0.1) is 12.6 Å². The minimum Gasteiger partial charge on any atom is -0.493 e. The van der Waals surface area contributed by atoms with Gasteiger partial charge in [-0.25, -0.2) is 4.99 Å². The lowest BCUT2D eigenvalue weighted by Crippen LogP contribution is -2.20. The number of ether oxygens (including phenoxy) is 2. The molecule has 0 aliphatic rings. The van der Waals surface area contributed by atoms with E-state index < -0.39 is 0 Å². The number of rotatable bonds is 8. The van der Waals surface area contributed by atoms with E-state index in [9.17, 15) is 0 Å². The third-order valence-electron chi connectivity index (χ3n) is 4.63. The molecule has 0 bridgehead atoms. The predicted molar refractivity (Wildman–Crippen MR) is 127 cm³/mol. The van der Waals surface area contributed by atoms with Crippen molar-refractivity contribution in [3.8, 4) is 11.5 Å². The maximum atomic E-state index is 7.32. The Hall–Kier alpha value is -2.31. The molecule has 0 amide bonds. The number of aryl methyl sites for hydroxylation is 2. The zero-order valence-corrected chi connectivity index (χ0v) is 19.1. The molecule has 5 nitrogen and oxygen atoms in total. The standard InChI is InChI=1S/C14H23NO2S.C9H10N2/c1-5-15(3)7-6-12-9-13(16-4)14(17-10-18)8-11(12)2;1-7-3-5-8(6-4-7)9(10)11-2/h8-9,18H,5-7,10H2,1-4H3;3-6,10H,2H2,1H3. The molecule has 0 aliphatic heterocycles. The van der Waals surface area contributed by atoms with Crippen LogP contribution in [0.2, 0.25) is 0 Å². The fourth-order valence-corrected chi connectivity index (χ4v) is 2.73. The molecule has 0 aliphatic carbocycles. The number of nitrogens with zero attached hydrogens (tertiary/aromatic N) is 2. The summed E-state index contributed by atoms with van der Waals surface area (Å²) in [5, 5.41) is 7.32. The van der Waals surface area contributed by atoms with Crippen LogP contribution in [0.3, 0.4) is 0 Å². The molecule has 0 saturated carbocycles. The smallest absolute Gasteiger partial charge is 0.162 e. The van der Waals surface area contributed by atoms with Crippen LogP contribution in [0.15, 0.2) is 41.4 Å². The average Bonchev–Trinajstić information content (AvgIpc) is 2.73. The molecule has 158 valence electrons. The van der Waals surface area contributed by atoms with E-state index in [1.54, 1.807) is 7.11 Å². The summed E-state index contributed by atoms with van der Waals surface area (Å²) in [5.74, 6) is 2.12. The van der Waals surface area contributed by atoms with Crippen LogP contribution in [0.5, 0.6) is 11.5 Å². The lowest BCUT2D eigenvalue weighted by atomic mass is 10.0. The Morgan fingerprint density at radius 1 is 1.17 bits per heavy atom. The molecule has 0 saturated heterocycles. The first-order chi connectivity index (χ1) is 13.9. The number of benzene rings is 2. The van der Waals surface area contributed by atoms with E-state index in [-0.39, 0.29) is 5.84 Å². The Bertz CT molecular complexity index is 791. The van der Waals surface area contributed by atoms with Gasteiger partial charge in [-0.3, -0.25) is 5.41 Å².